The molecule has 1 aromatic heterocycles. The quantitative estimate of drug-likeness (QED) is 0.537. The number of anilines is 1. The number of thiazole rings is 1. The van der Waals surface area contributed by atoms with Crippen molar-refractivity contribution >= 4 is 28.7 Å². The Morgan fingerprint density at radius 2 is 1.90 bits per heavy atom. The zero-order valence-corrected chi connectivity index (χ0v) is 17.1. The number of hydrogen-bond acceptors (Lipinski definition) is 6. The van der Waals surface area contributed by atoms with Gasteiger partial charge < -0.3 is 9.47 Å². The van der Waals surface area contributed by atoms with Crippen molar-refractivity contribution in [2.24, 2.45) is 0 Å². The van der Waals surface area contributed by atoms with E-state index in [0.717, 1.165) is 24.0 Å². The van der Waals surface area contributed by atoms with E-state index >= 15 is 0 Å². The van der Waals surface area contributed by atoms with Gasteiger partial charge in [0, 0.05) is 23.1 Å². The first-order valence-corrected chi connectivity index (χ1v) is 10.0. The van der Waals surface area contributed by atoms with Gasteiger partial charge in [-0.2, -0.15) is 0 Å². The summed E-state index contributed by atoms with van der Waals surface area (Å²) >= 11 is 1.44. The third kappa shape index (κ3) is 5.65. The minimum atomic E-state index is -0.320. The van der Waals surface area contributed by atoms with Gasteiger partial charge in [0.2, 0.25) is 0 Å². The lowest BCUT2D eigenvalue weighted by molar-refractivity contribution is -0.118. The van der Waals surface area contributed by atoms with Crippen LogP contribution in [0.2, 0.25) is 0 Å². The van der Waals surface area contributed by atoms with Crippen molar-refractivity contribution in [1.29, 1.82) is 0 Å². The van der Waals surface area contributed by atoms with Crippen LogP contribution < -0.4 is 14.8 Å². The molecule has 1 heterocycles. The number of aromatic nitrogens is 1. The van der Waals surface area contributed by atoms with Crippen molar-refractivity contribution in [3.63, 3.8) is 0 Å². The molecule has 0 aliphatic heterocycles. The van der Waals surface area contributed by atoms with Gasteiger partial charge in [-0.1, -0.05) is 31.2 Å². The smallest absolute Gasteiger partial charge is 0.264 e. The average molecular weight is 410 g/mol. The van der Waals surface area contributed by atoms with Gasteiger partial charge in [0.1, 0.15) is 6.29 Å². The Kier molecular flexibility index (Phi) is 6.97. The first-order valence-electron chi connectivity index (χ1n) is 9.19. The number of methoxy groups -OCH3 is 1. The fourth-order valence-corrected chi connectivity index (χ4v) is 3.58. The maximum absolute atomic E-state index is 12.2. The number of benzene rings is 2. The molecular weight excluding hydrogens is 388 g/mol. The van der Waals surface area contributed by atoms with E-state index in [9.17, 15) is 9.59 Å². The second kappa shape index (κ2) is 9.84. The van der Waals surface area contributed by atoms with E-state index in [1.807, 2.05) is 0 Å². The van der Waals surface area contributed by atoms with Gasteiger partial charge in [0.15, 0.2) is 23.2 Å². The van der Waals surface area contributed by atoms with Crippen LogP contribution in [0.4, 0.5) is 5.13 Å². The zero-order chi connectivity index (χ0) is 20.6. The normalized spacial score (nSPS) is 10.4. The molecule has 150 valence electrons. The van der Waals surface area contributed by atoms with Gasteiger partial charge >= 0.3 is 0 Å². The highest BCUT2D eigenvalue weighted by Gasteiger charge is 2.11. The van der Waals surface area contributed by atoms with Gasteiger partial charge in [-0.3, -0.25) is 14.9 Å². The number of nitrogens with one attached hydrogen (secondary N) is 1. The minimum Gasteiger partial charge on any atom is -0.493 e. The molecule has 0 saturated carbocycles. The summed E-state index contributed by atoms with van der Waals surface area (Å²) in [4.78, 5) is 28.3. The van der Waals surface area contributed by atoms with Crippen LogP contribution in [0, 0.1) is 0 Å². The molecule has 0 atom stereocenters. The van der Waals surface area contributed by atoms with Crippen LogP contribution >= 0.6 is 11.3 Å². The Bertz CT molecular complexity index is 983. The minimum absolute atomic E-state index is 0.190. The highest BCUT2D eigenvalue weighted by atomic mass is 32.1. The molecule has 29 heavy (non-hydrogen) atoms. The molecule has 3 rings (SSSR count). The van der Waals surface area contributed by atoms with Crippen molar-refractivity contribution in [2.45, 2.75) is 19.8 Å². The van der Waals surface area contributed by atoms with Crippen LogP contribution in [0.1, 0.15) is 33.3 Å². The van der Waals surface area contributed by atoms with Crippen LogP contribution in [0.25, 0.3) is 0 Å². The zero-order valence-electron chi connectivity index (χ0n) is 16.3. The largest absolute Gasteiger partial charge is 0.493 e. The Balaban J connectivity index is 1.54. The predicted molar refractivity (Wildman–Crippen MR) is 113 cm³/mol. The van der Waals surface area contributed by atoms with E-state index in [1.165, 1.54) is 29.6 Å². The third-order valence-electron chi connectivity index (χ3n) is 4.29. The number of amides is 1. The summed E-state index contributed by atoms with van der Waals surface area (Å²) in [6.07, 6.45) is 4.29. The number of nitrogens with zero attached hydrogens (tertiary/aromatic N) is 1. The summed E-state index contributed by atoms with van der Waals surface area (Å²) in [6.45, 7) is 1.94. The molecule has 0 unspecified atom stereocenters. The molecule has 0 spiro atoms. The van der Waals surface area contributed by atoms with Gasteiger partial charge in [0.25, 0.3) is 5.91 Å². The second-order valence-corrected chi connectivity index (χ2v) is 7.46. The molecule has 0 saturated heterocycles. The SMILES string of the molecule is CCc1ccc(Cc2cnc(NC(=O)COc3ccc(C=O)cc3OC)s2)cc1. The highest BCUT2D eigenvalue weighted by Crippen LogP contribution is 2.27. The van der Waals surface area contributed by atoms with Gasteiger partial charge in [-0.25, -0.2) is 4.98 Å². The van der Waals surface area contributed by atoms with Crippen molar-refractivity contribution < 1.29 is 19.1 Å². The van der Waals surface area contributed by atoms with Crippen molar-refractivity contribution in [2.75, 3.05) is 19.0 Å². The third-order valence-corrected chi connectivity index (χ3v) is 5.20. The summed E-state index contributed by atoms with van der Waals surface area (Å²) in [5.41, 5.74) is 2.99. The molecular formula is C22H22N2O4S. The summed E-state index contributed by atoms with van der Waals surface area (Å²) in [5.74, 6) is 0.469. The van der Waals surface area contributed by atoms with Gasteiger partial charge in [0.05, 0.1) is 7.11 Å². The summed E-state index contributed by atoms with van der Waals surface area (Å²) in [6, 6.07) is 13.3. The number of carbonyl (C=O) groups is 2. The van der Waals surface area contributed by atoms with Crippen molar-refractivity contribution in [3.05, 3.63) is 70.2 Å². The number of aryl methyl sites for hydroxylation is 1. The monoisotopic (exact) mass is 410 g/mol. The molecule has 0 bridgehead atoms. The lowest BCUT2D eigenvalue weighted by atomic mass is 10.1. The number of carbonyl (C=O) groups excluding carboxylic acids is 2. The molecule has 0 fully saturated rings. The Labute approximate surface area is 173 Å². The number of ether oxygens (including phenoxy) is 2. The average Bonchev–Trinajstić information content (AvgIpc) is 3.19. The van der Waals surface area contributed by atoms with E-state index in [4.69, 9.17) is 9.47 Å². The Morgan fingerprint density at radius 1 is 1.14 bits per heavy atom. The highest BCUT2D eigenvalue weighted by molar-refractivity contribution is 7.15. The van der Waals surface area contributed by atoms with Crippen LogP contribution in [0.15, 0.2) is 48.7 Å². The summed E-state index contributed by atoms with van der Waals surface area (Å²) in [7, 11) is 1.48. The lowest BCUT2D eigenvalue weighted by Gasteiger charge is -2.10. The molecule has 1 amide bonds. The molecule has 0 aliphatic rings. The second-order valence-electron chi connectivity index (χ2n) is 6.34. The van der Waals surface area contributed by atoms with Crippen LogP contribution in [-0.4, -0.2) is 30.9 Å². The van der Waals surface area contributed by atoms with Crippen LogP contribution in [0.5, 0.6) is 11.5 Å². The Hall–Kier alpha value is -3.19. The summed E-state index contributed by atoms with van der Waals surface area (Å²) in [5, 5.41) is 3.27. The fraction of sp³-hybridized carbons (Fsp3) is 0.227. The Morgan fingerprint density at radius 3 is 2.59 bits per heavy atom. The van der Waals surface area contributed by atoms with Gasteiger partial charge in [-0.05, 0) is 35.7 Å². The van der Waals surface area contributed by atoms with Crippen LogP contribution in [-0.2, 0) is 17.6 Å². The summed E-state index contributed by atoms with van der Waals surface area (Å²) < 4.78 is 10.7. The molecule has 1 N–H and O–H groups in total. The predicted octanol–water partition coefficient (Wildman–Crippen LogP) is 4.13. The maximum atomic E-state index is 12.2. The molecule has 0 radical (unpaired) electrons. The van der Waals surface area contributed by atoms with Crippen molar-refractivity contribution in [1.82, 2.24) is 4.98 Å². The standard InChI is InChI=1S/C22H22N2O4S/c1-3-15-4-6-16(7-5-15)10-18-12-23-22(29-18)24-21(26)14-28-19-9-8-17(13-25)11-20(19)27-2/h4-9,11-13H,3,10,14H2,1-2H3,(H,23,24,26). The van der Waals surface area contributed by atoms with Crippen LogP contribution in [0.3, 0.4) is 0 Å². The van der Waals surface area contributed by atoms with E-state index in [-0.39, 0.29) is 12.5 Å². The first kappa shape index (κ1) is 20.5. The number of aldehydes is 1. The number of hydrogen-bond donors (Lipinski definition) is 1. The molecule has 6 nitrogen and oxygen atoms in total. The van der Waals surface area contributed by atoms with E-state index in [2.05, 4.69) is 41.5 Å². The van der Waals surface area contributed by atoms with E-state index in [1.54, 1.807) is 24.4 Å². The molecule has 2 aromatic carbocycles. The van der Waals surface area contributed by atoms with Crippen molar-refractivity contribution in [3.8, 4) is 11.5 Å². The molecule has 7 heteroatoms. The molecule has 3 aromatic rings. The van der Waals surface area contributed by atoms with E-state index < -0.39 is 0 Å². The van der Waals surface area contributed by atoms with Gasteiger partial charge in [-0.15, -0.1) is 11.3 Å². The first-order chi connectivity index (χ1) is 14.1. The van der Waals surface area contributed by atoms with E-state index in [0.29, 0.717) is 22.2 Å². The topological polar surface area (TPSA) is 77.5 Å². The fourth-order valence-electron chi connectivity index (χ4n) is 2.72. The number of rotatable bonds is 9. The molecule has 0 aliphatic carbocycles. The lowest BCUT2D eigenvalue weighted by Crippen LogP contribution is -2.20. The maximum Gasteiger partial charge on any atom is 0.264 e.